The van der Waals surface area contributed by atoms with Gasteiger partial charge in [-0.25, -0.2) is 0 Å². The molecule has 21 heavy (non-hydrogen) atoms. The van der Waals surface area contributed by atoms with Crippen LogP contribution in [-0.4, -0.2) is 54.6 Å². The molecular formula is C14H33AlO5Si. The van der Waals surface area contributed by atoms with E-state index in [9.17, 15) is 0 Å². The van der Waals surface area contributed by atoms with Crippen LogP contribution in [0.3, 0.4) is 0 Å². The zero-order chi connectivity index (χ0) is 16.0. The van der Waals surface area contributed by atoms with Gasteiger partial charge in [-0.15, -0.1) is 0 Å². The van der Waals surface area contributed by atoms with Crippen molar-refractivity contribution in [3.63, 3.8) is 0 Å². The van der Waals surface area contributed by atoms with Crippen LogP contribution in [0, 0.1) is 0 Å². The third kappa shape index (κ3) is 8.67. The molecule has 0 aliphatic heterocycles. The average Bonchev–Trinajstić information content (AvgIpc) is 2.46. The standard InChI is InChI=1S/C6H15O3Si.2C4H9O.Al/c1-4-7-10(8-5-2)9-6-3;2*1-2-3-4-5;/h4-6H2,1-3H3;2*2-4H2,1H3;/q;2*-1;+2. The van der Waals surface area contributed by atoms with Gasteiger partial charge in [0, 0.05) is 33.0 Å². The second-order valence-corrected chi connectivity index (χ2v) is 11.6. The quantitative estimate of drug-likeness (QED) is 0.339. The van der Waals surface area contributed by atoms with Crippen LogP contribution in [0.2, 0.25) is 0 Å². The molecular weight excluding hydrogens is 303 g/mol. The average molecular weight is 336 g/mol. The highest BCUT2D eigenvalue weighted by molar-refractivity contribution is 7.19. The van der Waals surface area contributed by atoms with Gasteiger partial charge in [0.25, 0.3) is 0 Å². The van der Waals surface area contributed by atoms with Crippen molar-refractivity contribution in [2.75, 3.05) is 33.0 Å². The van der Waals surface area contributed by atoms with E-state index in [1.165, 1.54) is 0 Å². The lowest BCUT2D eigenvalue weighted by molar-refractivity contribution is 0.0698. The van der Waals surface area contributed by atoms with E-state index >= 15 is 0 Å². The van der Waals surface area contributed by atoms with Gasteiger partial charge in [0.2, 0.25) is 0 Å². The van der Waals surface area contributed by atoms with Crippen molar-refractivity contribution in [2.45, 2.75) is 60.3 Å². The highest BCUT2D eigenvalue weighted by atomic mass is 28.9. The molecule has 0 amide bonds. The summed E-state index contributed by atoms with van der Waals surface area (Å²) in [4.78, 5) is 0. The second-order valence-electron chi connectivity index (χ2n) is 4.68. The van der Waals surface area contributed by atoms with E-state index in [2.05, 4.69) is 13.8 Å². The predicted octanol–water partition coefficient (Wildman–Crippen LogP) is 3.23. The molecule has 0 fully saturated rings. The minimum absolute atomic E-state index is 0.560. The molecule has 0 aliphatic rings. The second kappa shape index (κ2) is 14.2. The van der Waals surface area contributed by atoms with Gasteiger partial charge in [-0.2, -0.15) is 0 Å². The maximum absolute atomic E-state index is 6.06. The first-order valence-electron chi connectivity index (χ1n) is 8.35. The summed E-state index contributed by atoms with van der Waals surface area (Å²) in [7, 11) is -2.83. The van der Waals surface area contributed by atoms with Crippen LogP contribution < -0.4 is 0 Å². The van der Waals surface area contributed by atoms with Gasteiger partial charge < -0.3 is 20.9 Å². The van der Waals surface area contributed by atoms with Crippen LogP contribution in [0.15, 0.2) is 0 Å². The SMILES string of the molecule is CCCC[O][Al]([O]CCCC)[Si](OCC)(OCC)OCC. The molecule has 0 unspecified atom stereocenters. The van der Waals surface area contributed by atoms with Crippen molar-refractivity contribution < 1.29 is 20.9 Å². The van der Waals surface area contributed by atoms with Gasteiger partial charge in [0.1, 0.15) is 0 Å². The summed E-state index contributed by atoms with van der Waals surface area (Å²) in [6.45, 7) is 13.3. The molecule has 0 bridgehead atoms. The molecule has 0 aromatic rings. The van der Waals surface area contributed by atoms with Crippen LogP contribution in [0.25, 0.3) is 0 Å². The van der Waals surface area contributed by atoms with Crippen molar-refractivity contribution in [3.05, 3.63) is 0 Å². The summed E-state index contributed by atoms with van der Waals surface area (Å²) in [5.74, 6) is 0. The van der Waals surface area contributed by atoms with Gasteiger partial charge in [0.15, 0.2) is 0 Å². The van der Waals surface area contributed by atoms with Crippen LogP contribution in [0.1, 0.15) is 60.3 Å². The lowest BCUT2D eigenvalue weighted by Gasteiger charge is -2.31. The summed E-state index contributed by atoms with van der Waals surface area (Å²) < 4.78 is 29.9. The predicted molar refractivity (Wildman–Crippen MR) is 88.1 cm³/mol. The van der Waals surface area contributed by atoms with Crippen LogP contribution in [-0.2, 0) is 20.9 Å². The summed E-state index contributed by atoms with van der Waals surface area (Å²) in [6, 6.07) is 0. The molecule has 0 saturated heterocycles. The number of unbranched alkanes of at least 4 members (excludes halogenated alkanes) is 2. The van der Waals surface area contributed by atoms with E-state index < -0.39 is 21.5 Å². The third-order valence-corrected chi connectivity index (χ3v) is 10.8. The Morgan fingerprint density at radius 1 is 0.667 bits per heavy atom. The van der Waals surface area contributed by atoms with Crippen molar-refractivity contribution in [1.82, 2.24) is 0 Å². The molecule has 7 heteroatoms. The Hall–Kier alpha value is 0.549. The van der Waals surface area contributed by atoms with E-state index in [0.29, 0.717) is 33.0 Å². The molecule has 0 radical (unpaired) electrons. The minimum atomic E-state index is -2.83. The molecule has 0 aromatic heterocycles. The lowest BCUT2D eigenvalue weighted by Crippen LogP contribution is -2.62. The fourth-order valence-corrected chi connectivity index (χ4v) is 9.64. The highest BCUT2D eigenvalue weighted by Gasteiger charge is 2.61. The first-order chi connectivity index (χ1) is 10.2. The Labute approximate surface area is 136 Å². The molecule has 0 saturated carbocycles. The van der Waals surface area contributed by atoms with Crippen LogP contribution >= 0.6 is 0 Å². The third-order valence-electron chi connectivity index (χ3n) is 2.86. The Bertz CT molecular complexity index is 206. The number of hydrogen-bond donors (Lipinski definition) is 0. The maximum atomic E-state index is 6.06. The summed E-state index contributed by atoms with van der Waals surface area (Å²) >= 11 is -2.13. The van der Waals surface area contributed by atoms with Gasteiger partial charge >= 0.3 is 21.5 Å². The fourth-order valence-electron chi connectivity index (χ4n) is 1.85. The first kappa shape index (κ1) is 21.5. The summed E-state index contributed by atoms with van der Waals surface area (Å²) in [6.07, 6.45) is 4.25. The highest BCUT2D eigenvalue weighted by Crippen LogP contribution is 2.17. The van der Waals surface area contributed by atoms with Crippen molar-refractivity contribution in [1.29, 1.82) is 0 Å². The Morgan fingerprint density at radius 3 is 1.33 bits per heavy atom. The number of hydrogen-bond acceptors (Lipinski definition) is 5. The molecule has 0 aromatic carbocycles. The van der Waals surface area contributed by atoms with E-state index in [0.717, 1.165) is 25.7 Å². The molecule has 5 nitrogen and oxygen atoms in total. The van der Waals surface area contributed by atoms with E-state index in [1.54, 1.807) is 0 Å². The Balaban J connectivity index is 4.90. The van der Waals surface area contributed by atoms with Crippen LogP contribution in [0.5, 0.6) is 0 Å². The monoisotopic (exact) mass is 336 g/mol. The largest absolute Gasteiger partial charge is 0.769 e. The zero-order valence-corrected chi connectivity index (χ0v) is 16.6. The molecule has 0 aliphatic carbocycles. The smallest absolute Gasteiger partial charge is 0.476 e. The van der Waals surface area contributed by atoms with Gasteiger partial charge in [-0.1, -0.05) is 26.7 Å². The van der Waals surface area contributed by atoms with Crippen molar-refractivity contribution in [3.8, 4) is 0 Å². The Kier molecular flexibility index (Phi) is 14.5. The van der Waals surface area contributed by atoms with E-state index in [1.807, 2.05) is 20.8 Å². The zero-order valence-electron chi connectivity index (χ0n) is 14.5. The van der Waals surface area contributed by atoms with Crippen molar-refractivity contribution in [2.24, 2.45) is 0 Å². The van der Waals surface area contributed by atoms with E-state index in [-0.39, 0.29) is 0 Å². The molecule has 0 N–H and O–H groups in total. The lowest BCUT2D eigenvalue weighted by atomic mass is 10.4. The first-order valence-corrected chi connectivity index (χ1v) is 12.8. The molecule has 0 spiro atoms. The van der Waals surface area contributed by atoms with E-state index in [4.69, 9.17) is 20.9 Å². The molecule has 126 valence electrons. The fraction of sp³-hybridized carbons (Fsp3) is 1.00. The van der Waals surface area contributed by atoms with Gasteiger partial charge in [-0.05, 0) is 33.6 Å². The van der Waals surface area contributed by atoms with Crippen molar-refractivity contribution >= 4 is 21.5 Å². The van der Waals surface area contributed by atoms with Gasteiger partial charge in [0.05, 0.1) is 0 Å². The summed E-state index contributed by atoms with van der Waals surface area (Å²) in [5, 5.41) is 0. The number of rotatable bonds is 15. The summed E-state index contributed by atoms with van der Waals surface area (Å²) in [5.41, 5.74) is 0. The maximum Gasteiger partial charge on any atom is 0.769 e. The Morgan fingerprint density at radius 2 is 1.05 bits per heavy atom. The molecule has 0 heterocycles. The van der Waals surface area contributed by atoms with Gasteiger partial charge in [-0.3, -0.25) is 0 Å². The molecule has 0 rings (SSSR count). The minimum Gasteiger partial charge on any atom is -0.476 e. The van der Waals surface area contributed by atoms with Crippen LogP contribution in [0.4, 0.5) is 0 Å². The topological polar surface area (TPSA) is 46.2 Å². The normalized spacial score (nSPS) is 11.9. The molecule has 0 atom stereocenters.